The molecular weight excluding hydrogens is 981 g/mol. The summed E-state index contributed by atoms with van der Waals surface area (Å²) in [7, 11) is 0. The van der Waals surface area contributed by atoms with Gasteiger partial charge >= 0.3 is 5.97 Å². The maximum atomic E-state index is 14.5. The molecule has 12 bridgehead atoms. The van der Waals surface area contributed by atoms with Gasteiger partial charge in [-0.1, -0.05) is 47.3 Å². The second kappa shape index (κ2) is 22.1. The van der Waals surface area contributed by atoms with Gasteiger partial charge in [0.05, 0.1) is 110 Å². The van der Waals surface area contributed by atoms with Gasteiger partial charge in [-0.15, -0.1) is 0 Å². The van der Waals surface area contributed by atoms with Crippen molar-refractivity contribution in [2.24, 2.45) is 17.8 Å². The Bertz CT molecular complexity index is 2120. The van der Waals surface area contributed by atoms with Gasteiger partial charge in [-0.3, -0.25) is 9.59 Å². The lowest BCUT2D eigenvalue weighted by atomic mass is 9.79. The number of fused-ring (bicyclic) bond motifs is 7. The van der Waals surface area contributed by atoms with Crippen LogP contribution in [0.1, 0.15) is 163 Å². The van der Waals surface area contributed by atoms with Crippen LogP contribution in [0.5, 0.6) is 0 Å². The average molecular weight is 1070 g/mol. The predicted molar refractivity (Wildman–Crippen MR) is 272 cm³/mol. The molecule has 76 heavy (non-hydrogen) atoms. The first-order valence-corrected chi connectivity index (χ1v) is 29.8. The van der Waals surface area contributed by atoms with E-state index in [1.807, 2.05) is 6.92 Å². The molecule has 17 nitrogen and oxygen atoms in total. The number of hydrogen-bond acceptors (Lipinski definition) is 17. The van der Waals surface area contributed by atoms with Crippen LogP contribution < -0.4 is 0 Å². The van der Waals surface area contributed by atoms with Crippen molar-refractivity contribution in [2.45, 2.75) is 309 Å². The van der Waals surface area contributed by atoms with Crippen molar-refractivity contribution < 1.29 is 81.4 Å². The molecule has 0 radical (unpaired) electrons. The maximum Gasteiger partial charge on any atom is 0.308 e. The Morgan fingerprint density at radius 3 is 2.29 bits per heavy atom. The summed E-state index contributed by atoms with van der Waals surface area (Å²) in [6.07, 6.45) is 3.87. The van der Waals surface area contributed by atoms with Gasteiger partial charge in [0.2, 0.25) is 0 Å². The number of rotatable bonds is 9. The van der Waals surface area contributed by atoms with E-state index < -0.39 is 78.6 Å². The van der Waals surface area contributed by atoms with E-state index in [-0.39, 0.29) is 129 Å². The first kappa shape index (κ1) is 54.6. The minimum atomic E-state index is -0.956. The Hall–Kier alpha value is -1.94. The summed E-state index contributed by atoms with van der Waals surface area (Å²) in [6, 6.07) is 0. The number of aliphatic hydroxyl groups is 2. The molecular formula is C59H88O17. The van der Waals surface area contributed by atoms with Crippen LogP contribution in [0.3, 0.4) is 0 Å². The summed E-state index contributed by atoms with van der Waals surface area (Å²) in [5.74, 6) is -1.27. The van der Waals surface area contributed by atoms with E-state index in [4.69, 9.17) is 61.6 Å². The Morgan fingerprint density at radius 1 is 0.697 bits per heavy atom. The number of esters is 1. The number of ether oxygens (including phenoxy) is 13. The molecule has 0 aromatic rings. The van der Waals surface area contributed by atoms with Crippen LogP contribution in [0.2, 0.25) is 0 Å². The van der Waals surface area contributed by atoms with Crippen LogP contribution in [0.15, 0.2) is 24.3 Å². The zero-order valence-electron chi connectivity index (χ0n) is 45.7. The molecule has 0 aromatic carbocycles. The molecule has 13 aliphatic rings. The molecule has 13 heterocycles. The molecule has 0 aromatic heterocycles. The second-order valence-electron chi connectivity index (χ2n) is 25.6. The molecule has 0 saturated carbocycles. The second-order valence-corrected chi connectivity index (χ2v) is 25.6. The van der Waals surface area contributed by atoms with Gasteiger partial charge in [-0.05, 0) is 107 Å². The summed E-state index contributed by atoms with van der Waals surface area (Å²) in [5, 5.41) is 21.6. The fourth-order valence-corrected chi connectivity index (χ4v) is 15.8. The number of ketones is 1. The van der Waals surface area contributed by atoms with Gasteiger partial charge in [0.25, 0.3) is 0 Å². The van der Waals surface area contributed by atoms with E-state index in [0.717, 1.165) is 75.4 Å². The third-order valence-electron chi connectivity index (χ3n) is 20.5. The van der Waals surface area contributed by atoms with Gasteiger partial charge in [-0.25, -0.2) is 0 Å². The van der Waals surface area contributed by atoms with Crippen LogP contribution >= 0.6 is 0 Å². The molecule has 426 valence electrons. The molecule has 13 saturated heterocycles. The number of aliphatic hydroxyl groups excluding tert-OH is 2. The van der Waals surface area contributed by atoms with E-state index in [1.54, 1.807) is 0 Å². The van der Waals surface area contributed by atoms with Crippen molar-refractivity contribution in [2.75, 3.05) is 6.61 Å². The fraction of sp³-hybridized carbons (Fsp3) is 0.898. The minimum Gasteiger partial charge on any atom is -0.459 e. The predicted octanol–water partition coefficient (Wildman–Crippen LogP) is 6.81. The Balaban J connectivity index is 0.735. The normalized spacial score (nSPS) is 51.8. The van der Waals surface area contributed by atoms with E-state index in [0.29, 0.717) is 38.5 Å². The van der Waals surface area contributed by atoms with Crippen molar-refractivity contribution in [3.63, 3.8) is 0 Å². The van der Waals surface area contributed by atoms with Crippen molar-refractivity contribution in [1.82, 2.24) is 0 Å². The monoisotopic (exact) mass is 1070 g/mol. The van der Waals surface area contributed by atoms with Crippen molar-refractivity contribution in [3.05, 3.63) is 24.3 Å². The molecule has 2 N–H and O–H groups in total. The van der Waals surface area contributed by atoms with Crippen LogP contribution in [0, 0.1) is 17.8 Å². The van der Waals surface area contributed by atoms with E-state index >= 15 is 0 Å². The minimum absolute atomic E-state index is 0.00483. The lowest BCUT2D eigenvalue weighted by molar-refractivity contribution is -0.293. The summed E-state index contributed by atoms with van der Waals surface area (Å²) < 4.78 is 87.7. The zero-order chi connectivity index (χ0) is 52.8. The lowest BCUT2D eigenvalue weighted by Crippen LogP contribution is -2.62. The van der Waals surface area contributed by atoms with Gasteiger partial charge in [0.15, 0.2) is 12.1 Å². The van der Waals surface area contributed by atoms with E-state index in [1.165, 1.54) is 0 Å². The van der Waals surface area contributed by atoms with Crippen molar-refractivity contribution in [1.29, 1.82) is 0 Å². The standard InChI is InChI=1S/C59H88O17/c1-8-31(4)58(7)48(17-14-39(28-60)74-58)72-50-11-9-10-35(66-50)22-34(61)23-44-40(62)25-45-51(70-44)33(6)52-46(68-45)26-43-32(5)29(2)20-36(65-43)12-15-41-30(3)21-38(64-41)18-19-59-27-47-54(75-59)55-56(71-47)57(76-59)53-42(69-55)16-13-37(67-53)24-49(63)73-52/h29,31,33,35-48,50-57,60,62H,3,5,8-28H2,1-2,4,6-7H3/t29-,31+,33+,35?,36+,37-,38+,39+,40-,41+,42+,43-,44-,45+,46+,47-,48+,50+,51+,52-,53+,54?,55+,56?,57?,58+,59+/m1/s1. The van der Waals surface area contributed by atoms with Crippen LogP contribution in [-0.4, -0.2) is 174 Å². The number of Topliss-reactive ketones (excluding diaryl/α,β-unsaturated/α-hetero) is 1. The number of carbonyl (C=O) groups excluding carboxylic acids is 2. The highest BCUT2D eigenvalue weighted by Gasteiger charge is 2.69. The molecule has 13 rings (SSSR count). The Labute approximate surface area is 449 Å². The van der Waals surface area contributed by atoms with Crippen molar-refractivity contribution >= 4 is 11.8 Å². The molecule has 27 atom stereocenters. The summed E-state index contributed by atoms with van der Waals surface area (Å²) in [6.45, 7) is 19.6. The molecule has 0 amide bonds. The van der Waals surface area contributed by atoms with Gasteiger partial charge in [-0.2, -0.15) is 0 Å². The van der Waals surface area contributed by atoms with Crippen LogP contribution in [-0.2, 0) is 71.2 Å². The topological polar surface area (TPSA) is 195 Å². The first-order chi connectivity index (χ1) is 36.5. The SMILES string of the molecule is C=C1C[C@@H]2CC[C@@]34C[C@H]5OC6C(O3)[C@H]3O[C@H](CC[C@@H]3O[C@H]6C5O4)CC(=O)O[C@@H]3[C@@H](C)[C@@H]4O[C@H](CC(=O)CC5CCC[C@H](O[C@H]6CC[C@@H](CO)O[C@@]6(C)[C@@H](C)CC)O5)[C@H](O)C[C@@H]4O[C@H]3C[C@H]3O[C@@H](CC[C@@H]1O2)C[C@@H](C)C3=C. The number of hydrogen-bond donors (Lipinski definition) is 2. The average Bonchev–Trinajstić information content (AvgIpc) is 4.11. The van der Waals surface area contributed by atoms with Gasteiger partial charge in [0.1, 0.15) is 42.4 Å². The van der Waals surface area contributed by atoms with E-state index in [2.05, 4.69) is 40.9 Å². The van der Waals surface area contributed by atoms with Crippen LogP contribution in [0.25, 0.3) is 0 Å². The molecule has 17 heteroatoms. The highest BCUT2D eigenvalue weighted by molar-refractivity contribution is 5.79. The molecule has 13 fully saturated rings. The lowest BCUT2D eigenvalue weighted by Gasteiger charge is -2.51. The molecule has 4 unspecified atom stereocenters. The summed E-state index contributed by atoms with van der Waals surface area (Å²) in [5.41, 5.74) is 1.52. The first-order valence-electron chi connectivity index (χ1n) is 29.8. The Kier molecular flexibility index (Phi) is 15.9. The third kappa shape index (κ3) is 10.6. The van der Waals surface area contributed by atoms with Gasteiger partial charge in [0, 0.05) is 44.4 Å². The molecule has 13 aliphatic heterocycles. The zero-order valence-corrected chi connectivity index (χ0v) is 45.7. The Morgan fingerprint density at radius 2 is 1.46 bits per heavy atom. The maximum absolute atomic E-state index is 14.5. The highest BCUT2D eigenvalue weighted by atomic mass is 16.8. The largest absolute Gasteiger partial charge is 0.459 e. The molecule has 0 aliphatic carbocycles. The molecule has 1 spiro atoms. The highest BCUT2D eigenvalue weighted by Crippen LogP contribution is 2.55. The fourth-order valence-electron chi connectivity index (χ4n) is 15.8. The summed E-state index contributed by atoms with van der Waals surface area (Å²) in [4.78, 5) is 28.4. The van der Waals surface area contributed by atoms with Crippen LogP contribution in [0.4, 0.5) is 0 Å². The third-order valence-corrected chi connectivity index (χ3v) is 20.5. The quantitative estimate of drug-likeness (QED) is 0.180. The number of carbonyl (C=O) groups is 2. The van der Waals surface area contributed by atoms with E-state index in [9.17, 15) is 19.8 Å². The smallest absolute Gasteiger partial charge is 0.308 e. The van der Waals surface area contributed by atoms with Crippen molar-refractivity contribution in [3.8, 4) is 0 Å². The summed E-state index contributed by atoms with van der Waals surface area (Å²) >= 11 is 0. The van der Waals surface area contributed by atoms with Gasteiger partial charge < -0.3 is 71.8 Å².